The third-order valence-corrected chi connectivity index (χ3v) is 2.80. The lowest BCUT2D eigenvalue weighted by Crippen LogP contribution is -1.92. The highest BCUT2D eigenvalue weighted by Gasteiger charge is 2.10. The first-order chi connectivity index (χ1) is 9.15. The first-order valence-electron chi connectivity index (χ1n) is 5.67. The summed E-state index contributed by atoms with van der Waals surface area (Å²) in [6, 6.07) is 6.03. The Morgan fingerprint density at radius 1 is 1.32 bits per heavy atom. The molecule has 2 aromatic heterocycles. The Hall–Kier alpha value is -2.63. The number of nitrogens with zero attached hydrogens (tertiary/aromatic N) is 2. The van der Waals surface area contributed by atoms with Crippen LogP contribution in [0.15, 0.2) is 30.5 Å². The van der Waals surface area contributed by atoms with E-state index < -0.39 is 5.82 Å². The van der Waals surface area contributed by atoms with Crippen LogP contribution in [0.25, 0.3) is 11.0 Å². The molecule has 0 aliphatic heterocycles. The van der Waals surface area contributed by atoms with Crippen LogP contribution in [0.1, 0.15) is 5.69 Å². The second kappa shape index (κ2) is 4.24. The molecule has 0 aliphatic rings. The van der Waals surface area contributed by atoms with Gasteiger partial charge in [0.15, 0.2) is 5.65 Å². The number of hydrogen-bond donors (Lipinski definition) is 2. The Balaban J connectivity index is 2.05. The van der Waals surface area contributed by atoms with E-state index in [1.165, 1.54) is 12.1 Å². The van der Waals surface area contributed by atoms with E-state index in [1.807, 2.05) is 6.92 Å². The van der Waals surface area contributed by atoms with Gasteiger partial charge in [-0.05, 0) is 25.1 Å². The van der Waals surface area contributed by atoms with Crippen molar-refractivity contribution < 1.29 is 9.13 Å². The molecule has 0 radical (unpaired) electrons. The average Bonchev–Trinajstić information content (AvgIpc) is 2.77. The fourth-order valence-electron chi connectivity index (χ4n) is 1.85. The van der Waals surface area contributed by atoms with Gasteiger partial charge in [-0.25, -0.2) is 9.37 Å². The molecule has 3 rings (SSSR count). The largest absolute Gasteiger partial charge is 0.456 e. The summed E-state index contributed by atoms with van der Waals surface area (Å²) >= 11 is 0. The number of nitrogen functional groups attached to an aromatic ring is 1. The number of aromatic amines is 1. The minimum Gasteiger partial charge on any atom is -0.456 e. The molecule has 0 unspecified atom stereocenters. The normalized spacial score (nSPS) is 10.8. The first kappa shape index (κ1) is 11.5. The number of anilines is 1. The molecule has 0 spiro atoms. The lowest BCUT2D eigenvalue weighted by Gasteiger charge is -2.07. The predicted molar refractivity (Wildman–Crippen MR) is 69.5 cm³/mol. The van der Waals surface area contributed by atoms with Crippen LogP contribution in [0.4, 0.5) is 10.1 Å². The van der Waals surface area contributed by atoms with Gasteiger partial charge in [0.25, 0.3) is 0 Å². The number of fused-ring (bicyclic) bond motifs is 1. The summed E-state index contributed by atoms with van der Waals surface area (Å²) in [5, 5.41) is 7.64. The number of ether oxygens (including phenoxy) is 1. The molecule has 5 nitrogen and oxygen atoms in total. The second-order valence-corrected chi connectivity index (χ2v) is 4.13. The summed E-state index contributed by atoms with van der Waals surface area (Å²) in [5.41, 5.74) is 6.92. The van der Waals surface area contributed by atoms with E-state index in [0.29, 0.717) is 17.1 Å². The van der Waals surface area contributed by atoms with E-state index in [-0.39, 0.29) is 5.69 Å². The topological polar surface area (TPSA) is 76.8 Å². The fourth-order valence-corrected chi connectivity index (χ4v) is 1.85. The number of aryl methyl sites for hydroxylation is 1. The van der Waals surface area contributed by atoms with E-state index in [4.69, 9.17) is 10.5 Å². The molecule has 19 heavy (non-hydrogen) atoms. The minimum atomic E-state index is -0.508. The molecular formula is C13H11FN4O. The van der Waals surface area contributed by atoms with Gasteiger partial charge in [0.1, 0.15) is 17.3 Å². The minimum absolute atomic E-state index is 0.0896. The molecular weight excluding hydrogens is 247 g/mol. The number of halogens is 1. The van der Waals surface area contributed by atoms with Crippen LogP contribution in [0.5, 0.6) is 11.5 Å². The highest BCUT2D eigenvalue weighted by molar-refractivity contribution is 5.84. The molecule has 0 bridgehead atoms. The highest BCUT2D eigenvalue weighted by Crippen LogP contribution is 2.30. The number of H-pyrrole nitrogens is 1. The van der Waals surface area contributed by atoms with E-state index >= 15 is 0 Å². The molecule has 0 fully saturated rings. The molecule has 0 aliphatic carbocycles. The number of rotatable bonds is 2. The zero-order chi connectivity index (χ0) is 13.4. The summed E-state index contributed by atoms with van der Waals surface area (Å²) in [6.45, 7) is 1.84. The van der Waals surface area contributed by atoms with Crippen molar-refractivity contribution in [2.24, 2.45) is 0 Å². The Bertz CT molecular complexity index is 753. The van der Waals surface area contributed by atoms with Crippen LogP contribution in [0.2, 0.25) is 0 Å². The van der Waals surface area contributed by atoms with E-state index in [0.717, 1.165) is 11.1 Å². The van der Waals surface area contributed by atoms with Gasteiger partial charge >= 0.3 is 0 Å². The number of benzene rings is 1. The third-order valence-electron chi connectivity index (χ3n) is 2.80. The monoisotopic (exact) mass is 258 g/mol. The van der Waals surface area contributed by atoms with Crippen molar-refractivity contribution in [2.45, 2.75) is 6.92 Å². The lowest BCUT2D eigenvalue weighted by atomic mass is 10.2. The molecule has 0 amide bonds. The zero-order valence-electron chi connectivity index (χ0n) is 10.1. The van der Waals surface area contributed by atoms with Gasteiger partial charge in [-0.2, -0.15) is 5.10 Å². The summed E-state index contributed by atoms with van der Waals surface area (Å²) < 4.78 is 19.1. The quantitative estimate of drug-likeness (QED) is 0.693. The first-order valence-corrected chi connectivity index (χ1v) is 5.67. The van der Waals surface area contributed by atoms with Crippen molar-refractivity contribution in [1.82, 2.24) is 15.2 Å². The molecule has 0 atom stereocenters. The van der Waals surface area contributed by atoms with E-state index in [9.17, 15) is 4.39 Å². The maximum absolute atomic E-state index is 13.4. The van der Waals surface area contributed by atoms with Crippen molar-refractivity contribution in [3.63, 3.8) is 0 Å². The molecule has 1 aromatic carbocycles. The Morgan fingerprint density at radius 2 is 2.16 bits per heavy atom. The smallest absolute Gasteiger partial charge is 0.159 e. The maximum Gasteiger partial charge on any atom is 0.159 e. The van der Waals surface area contributed by atoms with Crippen LogP contribution >= 0.6 is 0 Å². The van der Waals surface area contributed by atoms with Crippen LogP contribution in [-0.4, -0.2) is 15.2 Å². The molecule has 0 saturated carbocycles. The van der Waals surface area contributed by atoms with Crippen LogP contribution in [0.3, 0.4) is 0 Å². The molecule has 3 N–H and O–H groups in total. The molecule has 0 saturated heterocycles. The van der Waals surface area contributed by atoms with Crippen molar-refractivity contribution in [2.75, 3.05) is 5.73 Å². The van der Waals surface area contributed by atoms with Gasteiger partial charge in [0.2, 0.25) is 0 Å². The standard InChI is InChI=1S/C13H11FN4O/c1-7-12-11(4-5-16-13(12)18-17-7)19-8-2-3-10(15)9(14)6-8/h2-6H,15H2,1H3,(H,16,17,18). The third kappa shape index (κ3) is 1.97. The Labute approximate surface area is 108 Å². The summed E-state index contributed by atoms with van der Waals surface area (Å²) in [6.07, 6.45) is 1.60. The maximum atomic E-state index is 13.4. The number of pyridine rings is 1. The van der Waals surface area contributed by atoms with Crippen LogP contribution in [-0.2, 0) is 0 Å². The number of aromatic nitrogens is 3. The van der Waals surface area contributed by atoms with Gasteiger partial charge in [0.05, 0.1) is 16.8 Å². The number of nitrogens with two attached hydrogens (primary N) is 1. The Kier molecular flexibility index (Phi) is 2.56. The van der Waals surface area contributed by atoms with Gasteiger partial charge in [-0.1, -0.05) is 0 Å². The second-order valence-electron chi connectivity index (χ2n) is 4.13. The van der Waals surface area contributed by atoms with Gasteiger partial charge in [-0.15, -0.1) is 0 Å². The van der Waals surface area contributed by atoms with E-state index in [2.05, 4.69) is 15.2 Å². The van der Waals surface area contributed by atoms with Crippen LogP contribution in [0, 0.1) is 12.7 Å². The van der Waals surface area contributed by atoms with Gasteiger partial charge in [0, 0.05) is 12.3 Å². The van der Waals surface area contributed by atoms with Gasteiger partial charge < -0.3 is 10.5 Å². The molecule has 3 aromatic rings. The van der Waals surface area contributed by atoms with Crippen LogP contribution < -0.4 is 10.5 Å². The number of hydrogen-bond acceptors (Lipinski definition) is 4. The molecule has 6 heteroatoms. The van der Waals surface area contributed by atoms with Crippen molar-refractivity contribution >= 4 is 16.7 Å². The number of nitrogens with one attached hydrogen (secondary N) is 1. The van der Waals surface area contributed by atoms with Crippen molar-refractivity contribution in [3.05, 3.63) is 42.0 Å². The SMILES string of the molecule is Cc1n[nH]c2nccc(Oc3ccc(N)c(F)c3)c12. The predicted octanol–water partition coefficient (Wildman–Crippen LogP) is 2.78. The summed E-state index contributed by atoms with van der Waals surface area (Å²) in [7, 11) is 0. The molecule has 96 valence electrons. The zero-order valence-corrected chi connectivity index (χ0v) is 10.1. The average molecular weight is 258 g/mol. The summed E-state index contributed by atoms with van der Waals surface area (Å²) in [5.74, 6) is 0.437. The fraction of sp³-hybridized carbons (Fsp3) is 0.0769. The summed E-state index contributed by atoms with van der Waals surface area (Å²) in [4.78, 5) is 4.14. The van der Waals surface area contributed by atoms with Gasteiger partial charge in [-0.3, -0.25) is 5.10 Å². The van der Waals surface area contributed by atoms with E-state index in [1.54, 1.807) is 18.3 Å². The molecule has 2 heterocycles. The Morgan fingerprint density at radius 3 is 2.95 bits per heavy atom. The lowest BCUT2D eigenvalue weighted by molar-refractivity contribution is 0.482. The van der Waals surface area contributed by atoms with Crippen molar-refractivity contribution in [3.8, 4) is 11.5 Å². The highest BCUT2D eigenvalue weighted by atomic mass is 19.1. The van der Waals surface area contributed by atoms with Crippen molar-refractivity contribution in [1.29, 1.82) is 0 Å².